The van der Waals surface area contributed by atoms with Crippen molar-refractivity contribution in [3.8, 4) is 23.0 Å². The Kier molecular flexibility index (Phi) is 6.68. The smallest absolute Gasteiger partial charge is 0.353 e. The first kappa shape index (κ1) is 22.3. The third kappa shape index (κ3) is 5.13. The fraction of sp³-hybridized carbons (Fsp3) is 0.0833. The molecule has 0 unspecified atom stereocenters. The number of methoxy groups -OCH3 is 2. The summed E-state index contributed by atoms with van der Waals surface area (Å²) in [4.78, 5) is 19.5. The maximum Gasteiger partial charge on any atom is 0.353 e. The lowest BCUT2D eigenvalue weighted by molar-refractivity contribution is -0.383. The highest BCUT2D eigenvalue weighted by molar-refractivity contribution is 5.78. The zero-order valence-corrected chi connectivity index (χ0v) is 18.4. The Labute approximate surface area is 195 Å². The SMILES string of the molecule is COc1ccc(Nc2ncnc(Nc3ccc(Oc4ccccc4)cc3)c2[N+](=O)[O-])c(OC)c1. The van der Waals surface area contributed by atoms with Crippen molar-refractivity contribution < 1.29 is 19.1 Å². The number of rotatable bonds is 9. The molecule has 3 aromatic carbocycles. The van der Waals surface area contributed by atoms with Crippen LogP contribution in [0.25, 0.3) is 0 Å². The van der Waals surface area contributed by atoms with Crippen LogP contribution in [0.15, 0.2) is 79.1 Å². The standard InChI is InChI=1S/C24H21N5O5/c1-32-19-12-13-20(21(14-19)33-2)28-24-22(29(30)31)23(25-15-26-24)27-16-8-10-18(11-9-16)34-17-6-4-3-5-7-17/h3-15H,1-2H3,(H2,25,26,27,28). The highest BCUT2D eigenvalue weighted by atomic mass is 16.6. The molecule has 0 aliphatic carbocycles. The van der Waals surface area contributed by atoms with Crippen LogP contribution >= 0.6 is 0 Å². The van der Waals surface area contributed by atoms with Crippen molar-refractivity contribution in [2.45, 2.75) is 0 Å². The Balaban J connectivity index is 1.57. The van der Waals surface area contributed by atoms with E-state index in [1.54, 1.807) is 42.5 Å². The molecule has 0 spiro atoms. The number of hydrogen-bond donors (Lipinski definition) is 2. The van der Waals surface area contributed by atoms with Crippen molar-refractivity contribution in [2.24, 2.45) is 0 Å². The molecule has 1 heterocycles. The van der Waals surface area contributed by atoms with Crippen LogP contribution < -0.4 is 24.8 Å². The van der Waals surface area contributed by atoms with Gasteiger partial charge in [-0.05, 0) is 48.5 Å². The zero-order chi connectivity index (χ0) is 23.9. The summed E-state index contributed by atoms with van der Waals surface area (Å²) in [7, 11) is 3.03. The molecular weight excluding hydrogens is 438 g/mol. The summed E-state index contributed by atoms with van der Waals surface area (Å²) in [5.41, 5.74) is 0.763. The van der Waals surface area contributed by atoms with Gasteiger partial charge in [-0.3, -0.25) is 10.1 Å². The van der Waals surface area contributed by atoms with Gasteiger partial charge in [0.25, 0.3) is 0 Å². The van der Waals surface area contributed by atoms with Gasteiger partial charge in [-0.1, -0.05) is 18.2 Å². The molecule has 0 saturated heterocycles. The molecule has 1 aromatic heterocycles. The number of nitrogens with one attached hydrogen (secondary N) is 2. The Morgan fingerprint density at radius 2 is 1.44 bits per heavy atom. The van der Waals surface area contributed by atoms with E-state index in [0.29, 0.717) is 34.4 Å². The quantitative estimate of drug-likeness (QED) is 0.240. The number of anilines is 4. The molecule has 172 valence electrons. The number of benzene rings is 3. The van der Waals surface area contributed by atoms with Gasteiger partial charge in [0.2, 0.25) is 11.6 Å². The second-order valence-corrected chi connectivity index (χ2v) is 6.93. The molecule has 34 heavy (non-hydrogen) atoms. The number of ether oxygens (including phenoxy) is 3. The van der Waals surface area contributed by atoms with Gasteiger partial charge in [-0.25, -0.2) is 9.97 Å². The molecule has 10 heteroatoms. The summed E-state index contributed by atoms with van der Waals surface area (Å²) in [6.45, 7) is 0. The van der Waals surface area contributed by atoms with Crippen LogP contribution in [0.2, 0.25) is 0 Å². The molecule has 2 N–H and O–H groups in total. The normalized spacial score (nSPS) is 10.3. The first-order valence-electron chi connectivity index (χ1n) is 10.2. The lowest BCUT2D eigenvalue weighted by Crippen LogP contribution is -2.06. The number of para-hydroxylation sites is 1. The van der Waals surface area contributed by atoms with E-state index in [1.807, 2.05) is 30.3 Å². The summed E-state index contributed by atoms with van der Waals surface area (Å²) in [5, 5.41) is 17.8. The second-order valence-electron chi connectivity index (χ2n) is 6.93. The highest BCUT2D eigenvalue weighted by Gasteiger charge is 2.24. The number of nitrogens with zero attached hydrogens (tertiary/aromatic N) is 3. The molecule has 0 saturated carbocycles. The van der Waals surface area contributed by atoms with Gasteiger partial charge in [-0.15, -0.1) is 0 Å². The Bertz CT molecular complexity index is 1280. The second kappa shape index (κ2) is 10.2. The minimum Gasteiger partial charge on any atom is -0.497 e. The lowest BCUT2D eigenvalue weighted by Gasteiger charge is -2.13. The monoisotopic (exact) mass is 459 g/mol. The summed E-state index contributed by atoms with van der Waals surface area (Å²) in [6.07, 6.45) is 1.24. The molecular formula is C24H21N5O5. The van der Waals surface area contributed by atoms with Crippen LogP contribution in [0.5, 0.6) is 23.0 Å². The predicted octanol–water partition coefficient (Wildman–Crippen LogP) is 5.68. The summed E-state index contributed by atoms with van der Waals surface area (Å²) < 4.78 is 16.3. The molecule has 0 radical (unpaired) electrons. The van der Waals surface area contributed by atoms with E-state index in [2.05, 4.69) is 20.6 Å². The van der Waals surface area contributed by atoms with Crippen molar-refractivity contribution in [1.29, 1.82) is 0 Å². The molecule has 0 aliphatic rings. The number of aromatic nitrogens is 2. The van der Waals surface area contributed by atoms with Gasteiger partial charge in [0, 0.05) is 11.8 Å². The maximum atomic E-state index is 11.9. The van der Waals surface area contributed by atoms with Crippen molar-refractivity contribution >= 4 is 28.7 Å². The Morgan fingerprint density at radius 3 is 2.09 bits per heavy atom. The van der Waals surface area contributed by atoms with Crippen LogP contribution in [0, 0.1) is 10.1 Å². The molecule has 0 aliphatic heterocycles. The van der Waals surface area contributed by atoms with Crippen LogP contribution in [0.1, 0.15) is 0 Å². The maximum absolute atomic E-state index is 11.9. The van der Waals surface area contributed by atoms with Gasteiger partial charge in [0.15, 0.2) is 0 Å². The van der Waals surface area contributed by atoms with Crippen LogP contribution in [0.3, 0.4) is 0 Å². The van der Waals surface area contributed by atoms with E-state index in [4.69, 9.17) is 14.2 Å². The van der Waals surface area contributed by atoms with Crippen molar-refractivity contribution in [1.82, 2.24) is 9.97 Å². The molecule has 0 fully saturated rings. The van der Waals surface area contributed by atoms with E-state index in [-0.39, 0.29) is 17.3 Å². The largest absolute Gasteiger partial charge is 0.497 e. The van der Waals surface area contributed by atoms with Gasteiger partial charge < -0.3 is 24.8 Å². The van der Waals surface area contributed by atoms with Crippen LogP contribution in [-0.4, -0.2) is 29.1 Å². The van der Waals surface area contributed by atoms with E-state index in [0.717, 1.165) is 0 Å². The molecule has 0 atom stereocenters. The van der Waals surface area contributed by atoms with Gasteiger partial charge >= 0.3 is 5.69 Å². The van der Waals surface area contributed by atoms with E-state index in [1.165, 1.54) is 20.5 Å². The first-order chi connectivity index (χ1) is 16.6. The van der Waals surface area contributed by atoms with E-state index >= 15 is 0 Å². The van der Waals surface area contributed by atoms with Crippen LogP contribution in [0.4, 0.5) is 28.7 Å². The fourth-order valence-electron chi connectivity index (χ4n) is 3.13. The predicted molar refractivity (Wildman–Crippen MR) is 128 cm³/mol. The van der Waals surface area contributed by atoms with Crippen molar-refractivity contribution in [3.63, 3.8) is 0 Å². The average Bonchev–Trinajstić information content (AvgIpc) is 2.86. The van der Waals surface area contributed by atoms with Crippen molar-refractivity contribution in [3.05, 3.63) is 89.2 Å². The Morgan fingerprint density at radius 1 is 0.794 bits per heavy atom. The molecule has 4 rings (SSSR count). The number of hydrogen-bond acceptors (Lipinski definition) is 9. The fourth-order valence-corrected chi connectivity index (χ4v) is 3.13. The van der Waals surface area contributed by atoms with Gasteiger partial charge in [-0.2, -0.15) is 0 Å². The molecule has 0 amide bonds. The van der Waals surface area contributed by atoms with Gasteiger partial charge in [0.1, 0.15) is 29.3 Å². The third-order valence-corrected chi connectivity index (χ3v) is 4.76. The minimum absolute atomic E-state index is 0.00926. The number of nitro groups is 1. The van der Waals surface area contributed by atoms with Crippen LogP contribution in [-0.2, 0) is 0 Å². The van der Waals surface area contributed by atoms with Crippen molar-refractivity contribution in [2.75, 3.05) is 24.9 Å². The highest BCUT2D eigenvalue weighted by Crippen LogP contribution is 2.37. The molecule has 10 nitrogen and oxygen atoms in total. The summed E-state index contributed by atoms with van der Waals surface area (Å²) in [6, 6.07) is 21.4. The van der Waals surface area contributed by atoms with Gasteiger partial charge in [0.05, 0.1) is 24.8 Å². The molecule has 0 bridgehead atoms. The first-order valence-corrected chi connectivity index (χ1v) is 10.2. The van der Waals surface area contributed by atoms with E-state index < -0.39 is 4.92 Å². The minimum atomic E-state index is -0.548. The lowest BCUT2D eigenvalue weighted by atomic mass is 10.2. The topological polar surface area (TPSA) is 121 Å². The summed E-state index contributed by atoms with van der Waals surface area (Å²) in [5.74, 6) is 2.40. The van der Waals surface area contributed by atoms with E-state index in [9.17, 15) is 10.1 Å². The third-order valence-electron chi connectivity index (χ3n) is 4.76. The zero-order valence-electron chi connectivity index (χ0n) is 18.4. The summed E-state index contributed by atoms with van der Waals surface area (Å²) >= 11 is 0. The Hall–Kier alpha value is -4.86. The average molecular weight is 459 g/mol. The molecule has 4 aromatic rings.